The van der Waals surface area contributed by atoms with Gasteiger partial charge in [-0.1, -0.05) is 0 Å². The number of carbonyl (C=O) groups excluding carboxylic acids is 1. The van der Waals surface area contributed by atoms with E-state index in [4.69, 9.17) is 11.6 Å². The van der Waals surface area contributed by atoms with Gasteiger partial charge in [-0.2, -0.15) is 0 Å². The second-order valence-electron chi connectivity index (χ2n) is 2.47. The second-order valence-corrected chi connectivity index (χ2v) is 2.88. The third kappa shape index (κ3) is 1.86. The van der Waals surface area contributed by atoms with E-state index in [2.05, 4.69) is 4.74 Å². The summed E-state index contributed by atoms with van der Waals surface area (Å²) in [7, 11) is 1.33. The molecule has 62 valence electrons. The zero-order valence-electron chi connectivity index (χ0n) is 6.93. The molecule has 2 nitrogen and oxygen atoms in total. The number of aryl methyl sites for hydroxylation is 1. The molecule has 0 spiro atoms. The van der Waals surface area contributed by atoms with Crippen LogP contribution in [-0.2, 0) is 4.74 Å². The average molecular weight is 182 g/mol. The summed E-state index contributed by atoms with van der Waals surface area (Å²) in [5, 5.41) is 0.432. The Labute approximate surface area is 76.7 Å². The van der Waals surface area contributed by atoms with Crippen LogP contribution < -0.4 is 0 Å². The van der Waals surface area contributed by atoms with Gasteiger partial charge in [0, 0.05) is 0 Å². The van der Waals surface area contributed by atoms with Crippen LogP contribution in [0.25, 0.3) is 0 Å². The molecule has 0 saturated heterocycles. The monoisotopic (exact) mass is 182 g/mol. The fourth-order valence-electron chi connectivity index (χ4n) is 0.896. The van der Waals surface area contributed by atoms with Crippen molar-refractivity contribution in [2.24, 2.45) is 0 Å². The number of rotatable bonds is 1. The molecule has 0 bridgehead atoms. The van der Waals surface area contributed by atoms with Gasteiger partial charge in [0.05, 0.1) is 0 Å². The van der Waals surface area contributed by atoms with E-state index in [0.29, 0.717) is 10.6 Å². The molecule has 1 rings (SSSR count). The molecule has 12 heavy (non-hydrogen) atoms. The van der Waals surface area contributed by atoms with Crippen molar-refractivity contribution < 1.29 is 9.53 Å². The van der Waals surface area contributed by atoms with Gasteiger partial charge in [-0.3, -0.25) is 0 Å². The van der Waals surface area contributed by atoms with E-state index in [1.807, 2.05) is 13.8 Å². The molecule has 0 amide bonds. The third-order valence-corrected chi connectivity index (χ3v) is 1.84. The van der Waals surface area contributed by atoms with Crippen LogP contribution >= 0.6 is 11.6 Å². The summed E-state index contributed by atoms with van der Waals surface area (Å²) >= 11 is 5.80. The Hall–Kier alpha value is -0.825. The standard InChI is InChI=1S/C8H8BClO2/c1-5-3-7(10)6(4-9-5)8(11)12-2/h3-4H,1-2H3. The van der Waals surface area contributed by atoms with E-state index < -0.39 is 5.97 Å². The van der Waals surface area contributed by atoms with Gasteiger partial charge in [-0.25, -0.2) is 0 Å². The normalized spacial score (nSPS) is 9.25. The van der Waals surface area contributed by atoms with Crippen LogP contribution in [0.5, 0.6) is 0 Å². The fraction of sp³-hybridized carbons (Fsp3) is 0.250. The van der Waals surface area contributed by atoms with Crippen LogP contribution in [0.15, 0.2) is 12.0 Å². The number of esters is 1. The predicted octanol–water partition coefficient (Wildman–Crippen LogP) is 1.77. The third-order valence-electron chi connectivity index (χ3n) is 1.53. The van der Waals surface area contributed by atoms with Crippen molar-refractivity contribution in [1.82, 2.24) is 0 Å². The summed E-state index contributed by atoms with van der Waals surface area (Å²) in [5.74, 6) is 1.25. The van der Waals surface area contributed by atoms with E-state index in [-0.39, 0.29) is 0 Å². The van der Waals surface area contributed by atoms with Gasteiger partial charge in [0.25, 0.3) is 0 Å². The van der Waals surface area contributed by atoms with Crippen molar-refractivity contribution in [3.05, 3.63) is 28.1 Å². The number of hydrogen-bond acceptors (Lipinski definition) is 2. The van der Waals surface area contributed by atoms with E-state index >= 15 is 0 Å². The van der Waals surface area contributed by atoms with Crippen molar-refractivity contribution in [1.29, 1.82) is 0 Å². The van der Waals surface area contributed by atoms with Gasteiger partial charge < -0.3 is 0 Å². The van der Waals surface area contributed by atoms with Gasteiger partial charge >= 0.3 is 76.1 Å². The van der Waals surface area contributed by atoms with Crippen LogP contribution in [0.2, 0.25) is 5.02 Å². The SMILES string of the molecule is COC(=O)c1cbc(C)cc1Cl. The first-order valence-electron chi connectivity index (χ1n) is 3.49. The molecule has 0 atom stereocenters. The Morgan fingerprint density at radius 2 is 2.33 bits per heavy atom. The Morgan fingerprint density at radius 1 is 1.67 bits per heavy atom. The first-order valence-corrected chi connectivity index (χ1v) is 3.87. The van der Waals surface area contributed by atoms with E-state index in [0.717, 1.165) is 5.46 Å². The summed E-state index contributed by atoms with van der Waals surface area (Å²) in [4.78, 5) is 11.0. The predicted molar refractivity (Wildman–Crippen MR) is 48.9 cm³/mol. The molecule has 0 N–H and O–H groups in total. The van der Waals surface area contributed by atoms with Crippen molar-refractivity contribution in [3.63, 3.8) is 0 Å². The Morgan fingerprint density at radius 3 is 2.83 bits per heavy atom. The zero-order chi connectivity index (χ0) is 9.14. The summed E-state index contributed by atoms with van der Waals surface area (Å²) in [6.45, 7) is 3.73. The molecule has 0 aromatic carbocycles. The van der Waals surface area contributed by atoms with Crippen LogP contribution in [0.3, 0.4) is 0 Å². The number of halogens is 1. The second kappa shape index (κ2) is 3.72. The van der Waals surface area contributed by atoms with Crippen LogP contribution in [0.1, 0.15) is 15.8 Å². The molecule has 0 radical (unpaired) electrons. The molecular formula is C8H8BClO2. The Bertz CT molecular complexity index is 312. The number of carbonyl (C=O) groups is 1. The van der Waals surface area contributed by atoms with Crippen LogP contribution in [0.4, 0.5) is 0 Å². The first-order chi connectivity index (χ1) is 5.65. The Balaban J connectivity index is 3.09. The maximum atomic E-state index is 11.0. The maximum absolute atomic E-state index is 11.0. The average Bonchev–Trinajstić information content (AvgIpc) is 2.03. The van der Waals surface area contributed by atoms with Gasteiger partial charge in [0.1, 0.15) is 0 Å². The molecule has 1 heterocycles. The molecule has 0 aliphatic heterocycles. The van der Waals surface area contributed by atoms with Crippen molar-refractivity contribution >= 4 is 24.5 Å². The topological polar surface area (TPSA) is 26.3 Å². The molecule has 4 heteroatoms. The molecule has 0 fully saturated rings. The molecule has 0 aliphatic rings. The van der Waals surface area contributed by atoms with E-state index in [1.165, 1.54) is 7.11 Å². The molecule has 1 aromatic rings. The number of hydrogen-bond donors (Lipinski definition) is 0. The summed E-state index contributed by atoms with van der Waals surface area (Å²) < 4.78 is 4.53. The van der Waals surface area contributed by atoms with Gasteiger partial charge in [0.2, 0.25) is 0 Å². The summed E-state index contributed by atoms with van der Waals surface area (Å²) in [5.41, 5.74) is 1.43. The fourth-order valence-corrected chi connectivity index (χ4v) is 1.21. The van der Waals surface area contributed by atoms with Crippen molar-refractivity contribution in [3.8, 4) is 0 Å². The molecule has 0 unspecified atom stereocenters. The van der Waals surface area contributed by atoms with Crippen LogP contribution in [-0.4, -0.2) is 20.0 Å². The minimum absolute atomic E-state index is 0.403. The van der Waals surface area contributed by atoms with Crippen LogP contribution in [0, 0.1) is 6.92 Å². The Kier molecular flexibility index (Phi) is 2.87. The van der Waals surface area contributed by atoms with Gasteiger partial charge in [0.15, 0.2) is 0 Å². The van der Waals surface area contributed by atoms with E-state index in [9.17, 15) is 4.79 Å². The molecular weight excluding hydrogens is 174 g/mol. The molecule has 0 aliphatic carbocycles. The quantitative estimate of drug-likeness (QED) is 0.619. The zero-order valence-corrected chi connectivity index (χ0v) is 7.68. The minimum atomic E-state index is -0.403. The molecule has 0 saturated carbocycles. The van der Waals surface area contributed by atoms with Crippen molar-refractivity contribution in [2.45, 2.75) is 6.92 Å². The number of methoxy groups -OCH3 is 1. The number of ether oxygens (including phenoxy) is 1. The van der Waals surface area contributed by atoms with E-state index in [1.54, 1.807) is 12.0 Å². The van der Waals surface area contributed by atoms with Gasteiger partial charge in [-0.15, -0.1) is 0 Å². The van der Waals surface area contributed by atoms with Gasteiger partial charge in [-0.05, 0) is 0 Å². The molecule has 1 aromatic heterocycles. The summed E-state index contributed by atoms with van der Waals surface area (Å²) in [6, 6.07) is 1.73. The summed E-state index contributed by atoms with van der Waals surface area (Å²) in [6.07, 6.45) is 0. The van der Waals surface area contributed by atoms with Crippen molar-refractivity contribution in [2.75, 3.05) is 7.11 Å². The first kappa shape index (κ1) is 9.26.